The first-order valence-electron chi connectivity index (χ1n) is 14.1. The first kappa shape index (κ1) is 29.5. The minimum Gasteiger partial charge on any atom is -0.466 e. The summed E-state index contributed by atoms with van der Waals surface area (Å²) in [6, 6.07) is 2.63. The highest BCUT2D eigenvalue weighted by molar-refractivity contribution is 7.92. The molecule has 1 saturated carbocycles. The fraction of sp³-hybridized carbons (Fsp3) is 0.667. The van der Waals surface area contributed by atoms with Crippen LogP contribution >= 0.6 is 22.9 Å². The molecule has 0 aromatic carbocycles. The van der Waals surface area contributed by atoms with E-state index in [1.165, 1.54) is 22.3 Å². The van der Waals surface area contributed by atoms with Crippen molar-refractivity contribution in [3.63, 3.8) is 0 Å². The predicted octanol–water partition coefficient (Wildman–Crippen LogP) is 2.40. The van der Waals surface area contributed by atoms with Gasteiger partial charge in [-0.15, -0.1) is 11.3 Å². The lowest BCUT2D eigenvalue weighted by molar-refractivity contribution is -0.149. The number of hydrogen-bond acceptors (Lipinski definition) is 8. The Bertz CT molecular complexity index is 1250. The Hall–Kier alpha value is -1.99. The van der Waals surface area contributed by atoms with E-state index >= 15 is 0 Å². The van der Waals surface area contributed by atoms with Gasteiger partial charge in [-0.1, -0.05) is 11.6 Å². The smallest absolute Gasteiger partial charge is 0.309 e. The fourth-order valence-electron chi connectivity index (χ4n) is 6.24. The molecule has 4 atom stereocenters. The monoisotopic (exact) mass is 612 g/mol. The molecule has 1 N–H and O–H groups in total. The summed E-state index contributed by atoms with van der Waals surface area (Å²) in [7, 11) is -3.85. The van der Waals surface area contributed by atoms with Gasteiger partial charge in [-0.2, -0.15) is 4.72 Å². The Morgan fingerprint density at radius 2 is 1.98 bits per heavy atom. The maximum Gasteiger partial charge on any atom is 0.309 e. The van der Waals surface area contributed by atoms with Gasteiger partial charge in [0, 0.05) is 36.0 Å². The van der Waals surface area contributed by atoms with Crippen LogP contribution < -0.4 is 4.72 Å². The standard InChI is InChI=1S/C27H37ClN4O6S2/c1-2-38-27(35)18-7-11-30(12-8-18)16-23-21-14-19(21)15-32(23)25(33)17-31-10-3-4-22(26(31)34)29-40(36,37)13-9-20-5-6-24(28)39-20/h5-6,9,13,18-19,21-23,29H,2-4,7-8,10-12,14-17H2,1H3/b13-9+. The molecule has 0 spiro atoms. The van der Waals surface area contributed by atoms with Gasteiger partial charge in [-0.3, -0.25) is 14.4 Å². The average Bonchev–Trinajstić information content (AvgIpc) is 3.42. The van der Waals surface area contributed by atoms with Crippen LogP contribution in [0.15, 0.2) is 17.5 Å². The second-order valence-corrected chi connectivity index (χ2v) is 14.5. The summed E-state index contributed by atoms with van der Waals surface area (Å²) < 4.78 is 33.5. The topological polar surface area (TPSA) is 116 Å². The predicted molar refractivity (Wildman–Crippen MR) is 153 cm³/mol. The second-order valence-electron chi connectivity index (χ2n) is 11.2. The number of amides is 2. The number of nitrogens with zero attached hydrogens (tertiary/aromatic N) is 3. The minimum absolute atomic E-state index is 0.0402. The van der Waals surface area contributed by atoms with Gasteiger partial charge < -0.3 is 19.4 Å². The van der Waals surface area contributed by atoms with Crippen LogP contribution in [0.4, 0.5) is 0 Å². The quantitative estimate of drug-likeness (QED) is 0.403. The highest BCUT2D eigenvalue weighted by Crippen LogP contribution is 2.50. The van der Waals surface area contributed by atoms with Gasteiger partial charge in [0.2, 0.25) is 21.8 Å². The van der Waals surface area contributed by atoms with Crippen LogP contribution in [0.3, 0.4) is 0 Å². The number of carbonyl (C=O) groups excluding carboxylic acids is 3. The first-order chi connectivity index (χ1) is 19.1. The van der Waals surface area contributed by atoms with Gasteiger partial charge in [0.1, 0.15) is 6.04 Å². The van der Waals surface area contributed by atoms with Crippen molar-refractivity contribution in [1.82, 2.24) is 19.4 Å². The molecular weight excluding hydrogens is 576 g/mol. The van der Waals surface area contributed by atoms with Crippen LogP contribution in [0.2, 0.25) is 4.34 Å². The molecule has 1 aromatic heterocycles. The second kappa shape index (κ2) is 12.5. The highest BCUT2D eigenvalue weighted by Gasteiger charge is 2.54. The summed E-state index contributed by atoms with van der Waals surface area (Å²) >= 11 is 7.16. The molecule has 4 heterocycles. The summed E-state index contributed by atoms with van der Waals surface area (Å²) in [5.74, 6) is 0.410. The number of rotatable bonds is 10. The minimum atomic E-state index is -3.85. The number of hydrogen-bond donors (Lipinski definition) is 1. The zero-order chi connectivity index (χ0) is 28.4. The van der Waals surface area contributed by atoms with Crippen molar-refractivity contribution in [2.45, 2.75) is 51.1 Å². The van der Waals surface area contributed by atoms with Crippen molar-refractivity contribution in [3.8, 4) is 0 Å². The molecule has 40 heavy (non-hydrogen) atoms. The summed E-state index contributed by atoms with van der Waals surface area (Å²) in [5, 5.41) is 1.04. The van der Waals surface area contributed by atoms with Crippen molar-refractivity contribution >= 4 is 56.8 Å². The van der Waals surface area contributed by atoms with E-state index in [0.717, 1.165) is 44.3 Å². The zero-order valence-corrected chi connectivity index (χ0v) is 25.1. The summed E-state index contributed by atoms with van der Waals surface area (Å²) in [6.45, 7) is 5.71. The maximum absolute atomic E-state index is 13.4. The van der Waals surface area contributed by atoms with E-state index in [1.807, 2.05) is 11.8 Å². The molecule has 13 heteroatoms. The molecule has 4 fully saturated rings. The number of piperidine rings is 3. The largest absolute Gasteiger partial charge is 0.466 e. The van der Waals surface area contributed by atoms with Crippen LogP contribution in [0, 0.1) is 17.8 Å². The molecule has 1 aromatic rings. The molecule has 2 amide bonds. The lowest BCUT2D eigenvalue weighted by atomic mass is 9.96. The third-order valence-electron chi connectivity index (χ3n) is 8.44. The van der Waals surface area contributed by atoms with Gasteiger partial charge in [-0.05, 0) is 82.2 Å². The number of ether oxygens (including phenoxy) is 1. The number of carbonyl (C=O) groups is 3. The normalized spacial score (nSPS) is 27.8. The molecule has 4 unspecified atom stereocenters. The Balaban J connectivity index is 1.14. The Kier molecular flexibility index (Phi) is 9.20. The number of sulfonamides is 1. The molecule has 0 radical (unpaired) electrons. The van der Waals surface area contributed by atoms with E-state index in [-0.39, 0.29) is 36.3 Å². The first-order valence-corrected chi connectivity index (χ1v) is 16.8. The van der Waals surface area contributed by atoms with E-state index in [1.54, 1.807) is 12.1 Å². The Morgan fingerprint density at radius 3 is 2.67 bits per heavy atom. The number of fused-ring (bicyclic) bond motifs is 1. The maximum atomic E-state index is 13.4. The van der Waals surface area contributed by atoms with Gasteiger partial charge in [-0.25, -0.2) is 8.42 Å². The van der Waals surface area contributed by atoms with E-state index in [2.05, 4.69) is 9.62 Å². The van der Waals surface area contributed by atoms with Crippen molar-refractivity contribution in [2.24, 2.45) is 17.8 Å². The average molecular weight is 613 g/mol. The summed E-state index contributed by atoms with van der Waals surface area (Å²) in [6.07, 6.45) is 5.12. The van der Waals surface area contributed by atoms with Gasteiger partial charge in [0.05, 0.1) is 23.4 Å². The van der Waals surface area contributed by atoms with E-state index in [0.29, 0.717) is 53.6 Å². The Labute approximate surface area is 244 Å². The van der Waals surface area contributed by atoms with Crippen molar-refractivity contribution in [2.75, 3.05) is 45.9 Å². The summed E-state index contributed by atoms with van der Waals surface area (Å²) in [5.41, 5.74) is 0. The third-order valence-corrected chi connectivity index (χ3v) is 10.7. The molecule has 3 saturated heterocycles. The molecule has 0 bridgehead atoms. The number of thiophene rings is 1. The van der Waals surface area contributed by atoms with Gasteiger partial charge in [0.15, 0.2) is 0 Å². The van der Waals surface area contributed by atoms with E-state index in [9.17, 15) is 22.8 Å². The third kappa shape index (κ3) is 7.07. The molecule has 5 rings (SSSR count). The summed E-state index contributed by atoms with van der Waals surface area (Å²) in [4.78, 5) is 45.2. The van der Waals surface area contributed by atoms with E-state index < -0.39 is 16.1 Å². The highest BCUT2D eigenvalue weighted by atomic mass is 35.5. The molecule has 4 aliphatic rings. The number of halogens is 1. The van der Waals surface area contributed by atoms with Gasteiger partial charge in [0.25, 0.3) is 0 Å². The van der Waals surface area contributed by atoms with Crippen molar-refractivity contribution in [1.29, 1.82) is 0 Å². The van der Waals surface area contributed by atoms with Crippen LogP contribution in [-0.2, 0) is 29.1 Å². The number of likely N-dealkylation sites (tertiary alicyclic amines) is 3. The van der Waals surface area contributed by atoms with Crippen molar-refractivity contribution < 1.29 is 27.5 Å². The lowest BCUT2D eigenvalue weighted by Crippen LogP contribution is -2.55. The SMILES string of the molecule is CCOC(=O)C1CCN(CC2C3CC3CN2C(=O)CN2CCCC(NS(=O)(=O)/C=C/c3ccc(Cl)s3)C2=O)CC1. The fourth-order valence-corrected chi connectivity index (χ4v) is 8.31. The lowest BCUT2D eigenvalue weighted by Gasteiger charge is -2.37. The van der Waals surface area contributed by atoms with Crippen LogP contribution in [0.25, 0.3) is 6.08 Å². The Morgan fingerprint density at radius 1 is 1.20 bits per heavy atom. The van der Waals surface area contributed by atoms with Crippen molar-refractivity contribution in [3.05, 3.63) is 26.8 Å². The van der Waals surface area contributed by atoms with E-state index in [4.69, 9.17) is 16.3 Å². The molecule has 3 aliphatic heterocycles. The van der Waals surface area contributed by atoms with Crippen LogP contribution in [0.5, 0.6) is 0 Å². The number of nitrogens with one attached hydrogen (secondary N) is 1. The molecule has 1 aliphatic carbocycles. The van der Waals surface area contributed by atoms with Crippen LogP contribution in [-0.4, -0.2) is 98.9 Å². The van der Waals surface area contributed by atoms with Gasteiger partial charge >= 0.3 is 5.97 Å². The van der Waals surface area contributed by atoms with Crippen LogP contribution in [0.1, 0.15) is 43.9 Å². The number of esters is 1. The zero-order valence-electron chi connectivity index (χ0n) is 22.7. The molecule has 220 valence electrons. The molecular formula is C27H37ClN4O6S2. The molecule has 10 nitrogen and oxygen atoms in total.